The average molecular weight is 303 g/mol. The van der Waals surface area contributed by atoms with Gasteiger partial charge in [-0.1, -0.05) is 0 Å². The molecule has 0 bridgehead atoms. The van der Waals surface area contributed by atoms with Crippen molar-refractivity contribution in [1.82, 2.24) is 15.1 Å². The fourth-order valence-electron chi connectivity index (χ4n) is 2.14. The van der Waals surface area contributed by atoms with E-state index in [1.54, 1.807) is 6.07 Å². The van der Waals surface area contributed by atoms with Gasteiger partial charge in [-0.25, -0.2) is 4.68 Å². The lowest BCUT2D eigenvalue weighted by Gasteiger charge is -2.07. The maximum atomic E-state index is 11.9. The fraction of sp³-hybridized carbons (Fsp3) is 0.400. The highest BCUT2D eigenvalue weighted by molar-refractivity contribution is 7.13. The molecule has 5 nitrogen and oxygen atoms in total. The highest BCUT2D eigenvalue weighted by Gasteiger charge is 2.25. The van der Waals surface area contributed by atoms with Gasteiger partial charge in [-0.15, -0.1) is 11.3 Å². The molecule has 0 saturated heterocycles. The Hall–Kier alpha value is -1.95. The van der Waals surface area contributed by atoms with Crippen molar-refractivity contribution < 1.29 is 4.79 Å². The van der Waals surface area contributed by atoms with Crippen molar-refractivity contribution in [2.75, 3.05) is 6.54 Å². The molecule has 1 N–H and O–H groups in total. The van der Waals surface area contributed by atoms with Crippen LogP contribution in [0.1, 0.15) is 39.0 Å². The second kappa shape index (κ2) is 5.81. The van der Waals surface area contributed by atoms with Gasteiger partial charge in [0.1, 0.15) is 0 Å². The van der Waals surface area contributed by atoms with Gasteiger partial charge in [0, 0.05) is 23.4 Å². The lowest BCUT2D eigenvalue weighted by Crippen LogP contribution is -2.31. The Morgan fingerprint density at radius 1 is 1.38 bits per heavy atom. The summed E-state index contributed by atoms with van der Waals surface area (Å²) in [6.45, 7) is 2.76. The van der Waals surface area contributed by atoms with Crippen molar-refractivity contribution in [3.63, 3.8) is 0 Å². The number of nitrogens with one attached hydrogen (secondary N) is 1. The van der Waals surface area contributed by atoms with Crippen molar-refractivity contribution in [2.45, 2.75) is 32.2 Å². The minimum atomic E-state index is -0.124. The normalized spacial score (nSPS) is 14.1. The average Bonchev–Trinajstić information content (AvgIpc) is 3.22. The van der Waals surface area contributed by atoms with Crippen LogP contribution in [0.4, 0.5) is 0 Å². The van der Waals surface area contributed by atoms with Gasteiger partial charge in [0.2, 0.25) is 0 Å². The number of amides is 1. The maximum Gasteiger partial charge on any atom is 0.266 e. The summed E-state index contributed by atoms with van der Waals surface area (Å²) in [5, 5.41) is 7.19. The number of carbonyl (C=O) groups is 1. The van der Waals surface area contributed by atoms with Crippen LogP contribution >= 0.6 is 11.3 Å². The Morgan fingerprint density at radius 3 is 2.86 bits per heavy atom. The zero-order valence-electron chi connectivity index (χ0n) is 11.8. The number of hydrogen-bond donors (Lipinski definition) is 1. The monoisotopic (exact) mass is 303 g/mol. The van der Waals surface area contributed by atoms with Crippen molar-refractivity contribution in [2.24, 2.45) is 0 Å². The molecular weight excluding hydrogens is 286 g/mol. The molecule has 1 aliphatic carbocycles. The van der Waals surface area contributed by atoms with E-state index in [0.717, 1.165) is 23.4 Å². The van der Waals surface area contributed by atoms with Crippen molar-refractivity contribution in [3.8, 4) is 0 Å². The summed E-state index contributed by atoms with van der Waals surface area (Å²) in [6.07, 6.45) is 2.30. The van der Waals surface area contributed by atoms with Gasteiger partial charge in [-0.3, -0.25) is 9.59 Å². The predicted molar refractivity (Wildman–Crippen MR) is 81.9 cm³/mol. The standard InChI is InChI=1S/C15H17N3O2S/c1-10-2-6-13(21-10)15(20)16-8-9-18-14(19)7-5-12(17-18)11-3-4-11/h2,5-7,11H,3-4,8-9H2,1H3,(H,16,20). The van der Waals surface area contributed by atoms with E-state index in [9.17, 15) is 9.59 Å². The third kappa shape index (κ3) is 3.39. The smallest absolute Gasteiger partial charge is 0.266 e. The zero-order valence-corrected chi connectivity index (χ0v) is 12.7. The zero-order chi connectivity index (χ0) is 14.8. The molecule has 1 aliphatic rings. The molecule has 2 heterocycles. The lowest BCUT2D eigenvalue weighted by atomic mass is 10.3. The third-order valence-corrected chi connectivity index (χ3v) is 4.46. The Morgan fingerprint density at radius 2 is 2.19 bits per heavy atom. The number of rotatable bonds is 5. The van der Waals surface area contributed by atoms with Crippen LogP contribution in [0.2, 0.25) is 0 Å². The highest BCUT2D eigenvalue weighted by Crippen LogP contribution is 2.38. The van der Waals surface area contributed by atoms with E-state index in [-0.39, 0.29) is 11.5 Å². The maximum absolute atomic E-state index is 11.9. The summed E-state index contributed by atoms with van der Waals surface area (Å²) in [5.74, 6) is 0.417. The fourth-order valence-corrected chi connectivity index (χ4v) is 2.92. The molecule has 0 unspecified atom stereocenters. The first-order chi connectivity index (χ1) is 10.1. The van der Waals surface area contributed by atoms with Gasteiger partial charge in [0.15, 0.2) is 0 Å². The van der Waals surface area contributed by atoms with Crippen LogP contribution in [0.25, 0.3) is 0 Å². The topological polar surface area (TPSA) is 64.0 Å². The molecule has 0 atom stereocenters. The Kier molecular flexibility index (Phi) is 3.88. The van der Waals surface area contributed by atoms with E-state index in [2.05, 4.69) is 10.4 Å². The molecule has 2 aromatic heterocycles. The number of hydrogen-bond acceptors (Lipinski definition) is 4. The van der Waals surface area contributed by atoms with Gasteiger partial charge in [0.05, 0.1) is 17.1 Å². The predicted octanol–water partition coefficient (Wildman–Crippen LogP) is 1.92. The van der Waals surface area contributed by atoms with Crippen LogP contribution in [0.15, 0.2) is 29.1 Å². The lowest BCUT2D eigenvalue weighted by molar-refractivity contribution is 0.0956. The van der Waals surface area contributed by atoms with Gasteiger partial charge in [-0.2, -0.15) is 5.10 Å². The number of aryl methyl sites for hydroxylation is 1. The summed E-state index contributed by atoms with van der Waals surface area (Å²) >= 11 is 1.46. The molecule has 1 amide bonds. The molecule has 6 heteroatoms. The first-order valence-electron chi connectivity index (χ1n) is 7.06. The largest absolute Gasteiger partial charge is 0.349 e. The molecule has 1 fully saturated rings. The van der Waals surface area contributed by atoms with E-state index >= 15 is 0 Å². The van der Waals surface area contributed by atoms with Crippen LogP contribution in [-0.2, 0) is 6.54 Å². The van der Waals surface area contributed by atoms with Gasteiger partial charge >= 0.3 is 0 Å². The summed E-state index contributed by atoms with van der Waals surface area (Å²) in [7, 11) is 0. The molecule has 0 aliphatic heterocycles. The summed E-state index contributed by atoms with van der Waals surface area (Å²) in [6, 6.07) is 7.10. The van der Waals surface area contributed by atoms with Gasteiger partial charge in [0.25, 0.3) is 11.5 Å². The summed E-state index contributed by atoms with van der Waals surface area (Å²) < 4.78 is 1.44. The highest BCUT2D eigenvalue weighted by atomic mass is 32.1. The van der Waals surface area contributed by atoms with E-state index < -0.39 is 0 Å². The minimum absolute atomic E-state index is 0.0977. The molecule has 0 spiro atoms. The molecule has 110 valence electrons. The molecule has 0 radical (unpaired) electrons. The van der Waals surface area contributed by atoms with Crippen LogP contribution in [0, 0.1) is 6.92 Å². The van der Waals surface area contributed by atoms with Crippen molar-refractivity contribution in [1.29, 1.82) is 0 Å². The second-order valence-corrected chi connectivity index (χ2v) is 6.55. The molecule has 2 aromatic rings. The molecule has 1 saturated carbocycles. The van der Waals surface area contributed by atoms with Crippen LogP contribution in [-0.4, -0.2) is 22.2 Å². The SMILES string of the molecule is Cc1ccc(C(=O)NCCn2nc(C3CC3)ccc2=O)s1. The molecule has 3 rings (SSSR count). The van der Waals surface area contributed by atoms with Crippen LogP contribution in [0.5, 0.6) is 0 Å². The first-order valence-corrected chi connectivity index (χ1v) is 7.88. The van der Waals surface area contributed by atoms with Crippen LogP contribution < -0.4 is 10.9 Å². The van der Waals surface area contributed by atoms with E-state index in [0.29, 0.717) is 23.9 Å². The van der Waals surface area contributed by atoms with Crippen molar-refractivity contribution >= 4 is 17.2 Å². The molecule has 0 aromatic carbocycles. The van der Waals surface area contributed by atoms with E-state index in [1.807, 2.05) is 25.1 Å². The Bertz CT molecular complexity index is 716. The van der Waals surface area contributed by atoms with E-state index in [1.165, 1.54) is 16.0 Å². The number of aromatic nitrogens is 2. The first kappa shape index (κ1) is 14.0. The van der Waals surface area contributed by atoms with Gasteiger partial charge < -0.3 is 5.32 Å². The van der Waals surface area contributed by atoms with Crippen molar-refractivity contribution in [3.05, 3.63) is 50.1 Å². The summed E-state index contributed by atoms with van der Waals surface area (Å²) in [5.41, 5.74) is 0.857. The Balaban J connectivity index is 1.59. The number of thiophene rings is 1. The van der Waals surface area contributed by atoms with Crippen LogP contribution in [0.3, 0.4) is 0 Å². The number of carbonyl (C=O) groups excluding carboxylic acids is 1. The number of nitrogens with zero attached hydrogens (tertiary/aromatic N) is 2. The molecule has 21 heavy (non-hydrogen) atoms. The second-order valence-electron chi connectivity index (χ2n) is 5.26. The van der Waals surface area contributed by atoms with E-state index in [4.69, 9.17) is 0 Å². The summed E-state index contributed by atoms with van der Waals surface area (Å²) in [4.78, 5) is 25.5. The Labute approximate surface area is 126 Å². The quantitative estimate of drug-likeness (QED) is 0.918. The molecular formula is C15H17N3O2S. The van der Waals surface area contributed by atoms with Gasteiger partial charge in [-0.05, 0) is 38.0 Å². The minimum Gasteiger partial charge on any atom is -0.349 e. The third-order valence-electron chi connectivity index (χ3n) is 3.46.